The monoisotopic (exact) mass is 388 g/mol. The molecule has 0 aromatic heterocycles. The Kier molecular flexibility index (Phi) is 7.84. The molecule has 1 amide bonds. The van der Waals surface area contributed by atoms with Crippen molar-refractivity contribution in [2.45, 2.75) is 32.4 Å². The van der Waals surface area contributed by atoms with Crippen molar-refractivity contribution in [3.63, 3.8) is 0 Å². The highest BCUT2D eigenvalue weighted by atomic mass is 19.1. The second-order valence-corrected chi connectivity index (χ2v) is 7.09. The van der Waals surface area contributed by atoms with E-state index in [0.717, 1.165) is 22.8 Å². The zero-order valence-corrected chi connectivity index (χ0v) is 15.9. The normalized spacial score (nSPS) is 13.1. The number of nitrogens with one attached hydrogen (secondary N) is 1. The van der Waals surface area contributed by atoms with E-state index in [9.17, 15) is 18.7 Å². The Bertz CT molecular complexity index is 819. The molecular formula is C22H26F2N2O2. The number of allylic oxidation sites excluding steroid dienone is 1. The average Bonchev–Trinajstić information content (AvgIpc) is 2.60. The molecule has 0 aliphatic rings. The predicted octanol–water partition coefficient (Wildman–Crippen LogP) is 3.18. The lowest BCUT2D eigenvalue weighted by atomic mass is 9.90. The highest BCUT2D eigenvalue weighted by Gasteiger charge is 2.22. The van der Waals surface area contributed by atoms with E-state index in [1.54, 1.807) is 0 Å². The van der Waals surface area contributed by atoms with Crippen molar-refractivity contribution in [2.24, 2.45) is 11.7 Å². The van der Waals surface area contributed by atoms with Crippen LogP contribution in [0.15, 0.2) is 49.0 Å². The van der Waals surface area contributed by atoms with Crippen LogP contribution in [0.4, 0.5) is 8.78 Å². The Morgan fingerprint density at radius 2 is 1.86 bits per heavy atom. The number of halogens is 2. The number of primary amides is 1. The molecule has 0 bridgehead atoms. The van der Waals surface area contributed by atoms with Crippen molar-refractivity contribution in [2.75, 3.05) is 6.54 Å². The van der Waals surface area contributed by atoms with Gasteiger partial charge in [-0.2, -0.15) is 0 Å². The van der Waals surface area contributed by atoms with Gasteiger partial charge in [0.25, 0.3) is 0 Å². The number of nitrogens with two attached hydrogens (primary N) is 1. The van der Waals surface area contributed by atoms with E-state index in [1.807, 2.05) is 31.2 Å². The molecule has 0 aliphatic carbocycles. The third kappa shape index (κ3) is 6.87. The molecule has 4 nitrogen and oxygen atoms in total. The van der Waals surface area contributed by atoms with Gasteiger partial charge in [0.2, 0.25) is 5.91 Å². The first-order valence-electron chi connectivity index (χ1n) is 9.11. The highest BCUT2D eigenvalue weighted by Crippen LogP contribution is 2.19. The summed E-state index contributed by atoms with van der Waals surface area (Å²) < 4.78 is 26.8. The molecule has 2 aromatic carbocycles. The van der Waals surface area contributed by atoms with Crippen LogP contribution in [0.25, 0.3) is 5.57 Å². The maximum Gasteiger partial charge on any atom is 0.217 e. The highest BCUT2D eigenvalue weighted by molar-refractivity contribution is 5.74. The Labute approximate surface area is 164 Å². The summed E-state index contributed by atoms with van der Waals surface area (Å²) in [5.41, 5.74) is 8.69. The van der Waals surface area contributed by atoms with Crippen LogP contribution in [0.5, 0.6) is 0 Å². The van der Waals surface area contributed by atoms with Gasteiger partial charge < -0.3 is 16.2 Å². The topological polar surface area (TPSA) is 75.3 Å². The quantitative estimate of drug-likeness (QED) is 0.585. The van der Waals surface area contributed by atoms with Crippen molar-refractivity contribution in [1.29, 1.82) is 0 Å². The minimum absolute atomic E-state index is 0.0773. The molecule has 28 heavy (non-hydrogen) atoms. The number of amides is 1. The van der Waals surface area contributed by atoms with Crippen LogP contribution in [0.1, 0.15) is 30.0 Å². The molecule has 0 saturated carbocycles. The Morgan fingerprint density at radius 1 is 1.18 bits per heavy atom. The van der Waals surface area contributed by atoms with E-state index in [1.165, 1.54) is 12.1 Å². The smallest absolute Gasteiger partial charge is 0.217 e. The van der Waals surface area contributed by atoms with Gasteiger partial charge in [-0.25, -0.2) is 8.78 Å². The predicted molar refractivity (Wildman–Crippen MR) is 106 cm³/mol. The van der Waals surface area contributed by atoms with E-state index in [2.05, 4.69) is 11.9 Å². The number of aliphatic hydroxyl groups is 1. The Hall–Kier alpha value is -2.57. The summed E-state index contributed by atoms with van der Waals surface area (Å²) in [5.74, 6) is -2.52. The largest absolute Gasteiger partial charge is 0.391 e. The molecule has 0 heterocycles. The molecule has 6 heteroatoms. The number of rotatable bonds is 10. The first-order valence-corrected chi connectivity index (χ1v) is 9.11. The van der Waals surface area contributed by atoms with Gasteiger partial charge in [0.05, 0.1) is 6.10 Å². The molecule has 0 fully saturated rings. The molecule has 0 spiro atoms. The third-order valence-electron chi connectivity index (χ3n) is 4.53. The summed E-state index contributed by atoms with van der Waals surface area (Å²) in [6.45, 7) is 6.59. The summed E-state index contributed by atoms with van der Waals surface area (Å²) in [6.07, 6.45) is -0.833. The van der Waals surface area contributed by atoms with Crippen molar-refractivity contribution in [3.05, 3.63) is 77.4 Å². The summed E-state index contributed by atoms with van der Waals surface area (Å²) >= 11 is 0. The van der Waals surface area contributed by atoms with Gasteiger partial charge in [0.15, 0.2) is 0 Å². The molecule has 0 saturated heterocycles. The summed E-state index contributed by atoms with van der Waals surface area (Å²) in [6, 6.07) is 11.1. The number of carbonyl (C=O) groups is 1. The third-order valence-corrected chi connectivity index (χ3v) is 4.53. The van der Waals surface area contributed by atoms with Crippen molar-refractivity contribution in [3.8, 4) is 0 Å². The van der Waals surface area contributed by atoms with Crippen LogP contribution >= 0.6 is 0 Å². The molecule has 2 aromatic rings. The summed E-state index contributed by atoms with van der Waals surface area (Å²) in [4.78, 5) is 11.4. The standard InChI is InChI=1S/C22H26F2N2O2/c1-14(2)17-5-3-4-15(6-17)12-26-13-21(27)18(10-22(25)28)7-16-8-19(23)11-20(24)9-16/h3-6,8-9,11,18,21,26-27H,1,7,10,12-13H2,2H3,(H2,25,28). The van der Waals surface area contributed by atoms with Crippen molar-refractivity contribution in [1.82, 2.24) is 5.32 Å². The zero-order chi connectivity index (χ0) is 20.7. The second-order valence-electron chi connectivity index (χ2n) is 7.09. The lowest BCUT2D eigenvalue weighted by molar-refractivity contribution is -0.119. The molecule has 0 radical (unpaired) electrons. The van der Waals surface area contributed by atoms with Gasteiger partial charge in [0, 0.05) is 25.6 Å². The molecule has 150 valence electrons. The molecular weight excluding hydrogens is 362 g/mol. The van der Waals surface area contributed by atoms with Crippen LogP contribution in [0, 0.1) is 17.6 Å². The van der Waals surface area contributed by atoms with Crippen LogP contribution < -0.4 is 11.1 Å². The van der Waals surface area contributed by atoms with Crippen LogP contribution in [0.3, 0.4) is 0 Å². The van der Waals surface area contributed by atoms with Gasteiger partial charge in [-0.3, -0.25) is 4.79 Å². The van der Waals surface area contributed by atoms with E-state index in [0.29, 0.717) is 12.1 Å². The lowest BCUT2D eigenvalue weighted by Gasteiger charge is -2.22. The fourth-order valence-corrected chi connectivity index (χ4v) is 3.11. The minimum atomic E-state index is -0.900. The first-order chi connectivity index (χ1) is 13.2. The van der Waals surface area contributed by atoms with E-state index < -0.39 is 29.6 Å². The maximum absolute atomic E-state index is 13.4. The summed E-state index contributed by atoms with van der Waals surface area (Å²) in [7, 11) is 0. The number of aliphatic hydroxyl groups excluding tert-OH is 1. The van der Waals surface area contributed by atoms with Crippen LogP contribution in [-0.2, 0) is 17.8 Å². The maximum atomic E-state index is 13.4. The first kappa shape index (κ1) is 21.7. The summed E-state index contributed by atoms with van der Waals surface area (Å²) in [5, 5.41) is 13.7. The number of hydrogen-bond acceptors (Lipinski definition) is 3. The molecule has 2 atom stereocenters. The molecule has 2 unspecified atom stereocenters. The van der Waals surface area contributed by atoms with Crippen molar-refractivity contribution >= 4 is 11.5 Å². The number of benzene rings is 2. The van der Waals surface area contributed by atoms with E-state index >= 15 is 0 Å². The minimum Gasteiger partial charge on any atom is -0.391 e. The van der Waals surface area contributed by atoms with Gasteiger partial charge in [-0.05, 0) is 48.1 Å². The Morgan fingerprint density at radius 3 is 2.46 bits per heavy atom. The number of carbonyl (C=O) groups excluding carboxylic acids is 1. The fraction of sp³-hybridized carbons (Fsp3) is 0.318. The van der Waals surface area contributed by atoms with Crippen LogP contribution in [-0.4, -0.2) is 23.7 Å². The average molecular weight is 388 g/mol. The fourth-order valence-electron chi connectivity index (χ4n) is 3.11. The zero-order valence-electron chi connectivity index (χ0n) is 15.9. The lowest BCUT2D eigenvalue weighted by Crippen LogP contribution is -2.36. The Balaban J connectivity index is 1.98. The molecule has 0 aliphatic heterocycles. The van der Waals surface area contributed by atoms with E-state index in [4.69, 9.17) is 5.73 Å². The van der Waals surface area contributed by atoms with Crippen LogP contribution in [0.2, 0.25) is 0 Å². The molecule has 2 rings (SSSR count). The number of hydrogen-bond donors (Lipinski definition) is 3. The van der Waals surface area contributed by atoms with Gasteiger partial charge in [-0.1, -0.05) is 36.4 Å². The van der Waals surface area contributed by atoms with E-state index in [-0.39, 0.29) is 19.4 Å². The second kappa shape index (κ2) is 10.1. The van der Waals surface area contributed by atoms with Gasteiger partial charge >= 0.3 is 0 Å². The van der Waals surface area contributed by atoms with Crippen molar-refractivity contribution < 1.29 is 18.7 Å². The SMILES string of the molecule is C=C(C)c1cccc(CNCC(O)C(CC(N)=O)Cc2cc(F)cc(F)c2)c1. The molecule has 4 N–H and O–H groups in total. The van der Waals surface area contributed by atoms with Gasteiger partial charge in [0.1, 0.15) is 11.6 Å². The van der Waals surface area contributed by atoms with Gasteiger partial charge in [-0.15, -0.1) is 0 Å².